The van der Waals surface area contributed by atoms with Gasteiger partial charge >= 0.3 is 0 Å². The lowest BCUT2D eigenvalue weighted by atomic mass is 9.98. The molecular weight excluding hydrogens is 172 g/mol. The topological polar surface area (TPSA) is 9.23 Å². The molecule has 0 bridgehead atoms. The van der Waals surface area contributed by atoms with Crippen molar-refractivity contribution in [3.63, 3.8) is 0 Å². The summed E-state index contributed by atoms with van der Waals surface area (Å²) in [6, 6.07) is 10.4. The van der Waals surface area contributed by atoms with Gasteiger partial charge in [-0.3, -0.25) is 0 Å². The van der Waals surface area contributed by atoms with Crippen molar-refractivity contribution in [3.05, 3.63) is 41.5 Å². The van der Waals surface area contributed by atoms with Crippen molar-refractivity contribution < 1.29 is 4.74 Å². The Kier molecular flexibility index (Phi) is 2.69. The zero-order valence-corrected chi connectivity index (χ0v) is 8.73. The van der Waals surface area contributed by atoms with Gasteiger partial charge in [-0.1, -0.05) is 43.3 Å². The van der Waals surface area contributed by atoms with Crippen LogP contribution < -0.4 is 0 Å². The fourth-order valence-corrected chi connectivity index (χ4v) is 1.88. The summed E-state index contributed by atoms with van der Waals surface area (Å²) in [5, 5.41) is 0. The van der Waals surface area contributed by atoms with E-state index in [-0.39, 0.29) is 6.10 Å². The third-order valence-electron chi connectivity index (χ3n) is 2.77. The molecule has 1 heteroatoms. The van der Waals surface area contributed by atoms with Crippen molar-refractivity contribution in [2.75, 3.05) is 6.61 Å². The molecule has 0 aliphatic carbocycles. The second-order valence-electron chi connectivity index (χ2n) is 3.93. The smallest absolute Gasteiger partial charge is 0.0763 e. The third-order valence-corrected chi connectivity index (χ3v) is 2.77. The summed E-state index contributed by atoms with van der Waals surface area (Å²) in [6.45, 7) is 5.20. The van der Waals surface area contributed by atoms with Gasteiger partial charge in [0.05, 0.1) is 12.7 Å². The molecule has 2 rings (SSSR count). The van der Waals surface area contributed by atoms with Crippen molar-refractivity contribution in [1.29, 1.82) is 0 Å². The van der Waals surface area contributed by atoms with E-state index in [9.17, 15) is 0 Å². The lowest BCUT2D eigenvalue weighted by molar-refractivity contribution is 0.130. The molecule has 1 aliphatic heterocycles. The Bertz CT molecular complexity index is 314. The van der Waals surface area contributed by atoms with Gasteiger partial charge in [0, 0.05) is 5.92 Å². The predicted octanol–water partition coefficient (Wildman–Crippen LogP) is 3.12. The van der Waals surface area contributed by atoms with E-state index in [1.54, 1.807) is 0 Å². The molecule has 1 heterocycles. The fourth-order valence-electron chi connectivity index (χ4n) is 1.88. The zero-order chi connectivity index (χ0) is 9.97. The first-order valence-corrected chi connectivity index (χ1v) is 5.15. The molecule has 1 nitrogen and oxygen atoms in total. The Balaban J connectivity index is 2.26. The maximum absolute atomic E-state index is 5.58. The van der Waals surface area contributed by atoms with E-state index in [2.05, 4.69) is 44.2 Å². The largest absolute Gasteiger partial charge is 0.374 e. The summed E-state index contributed by atoms with van der Waals surface area (Å²) >= 11 is 0. The van der Waals surface area contributed by atoms with Gasteiger partial charge in [-0.05, 0) is 18.1 Å². The van der Waals surface area contributed by atoms with Crippen LogP contribution >= 0.6 is 0 Å². The van der Waals surface area contributed by atoms with Crippen molar-refractivity contribution in [3.8, 4) is 0 Å². The molecule has 2 atom stereocenters. The van der Waals surface area contributed by atoms with Crippen LogP contribution in [0.15, 0.2) is 35.9 Å². The van der Waals surface area contributed by atoms with E-state index >= 15 is 0 Å². The van der Waals surface area contributed by atoms with Gasteiger partial charge < -0.3 is 4.74 Å². The van der Waals surface area contributed by atoms with Crippen LogP contribution in [0.5, 0.6) is 0 Å². The lowest BCUT2D eigenvalue weighted by Crippen LogP contribution is -2.01. The molecule has 0 aromatic heterocycles. The summed E-state index contributed by atoms with van der Waals surface area (Å²) < 4.78 is 5.58. The molecule has 0 amide bonds. The second-order valence-corrected chi connectivity index (χ2v) is 3.93. The van der Waals surface area contributed by atoms with Gasteiger partial charge in [0.25, 0.3) is 0 Å². The Hall–Kier alpha value is -1.08. The summed E-state index contributed by atoms with van der Waals surface area (Å²) in [4.78, 5) is 0. The maximum Gasteiger partial charge on any atom is 0.0763 e. The number of hydrogen-bond donors (Lipinski definition) is 0. The van der Waals surface area contributed by atoms with Gasteiger partial charge in [-0.2, -0.15) is 0 Å². The lowest BCUT2D eigenvalue weighted by Gasteiger charge is -2.06. The van der Waals surface area contributed by atoms with Crippen LogP contribution in [-0.4, -0.2) is 12.7 Å². The third kappa shape index (κ3) is 1.88. The van der Waals surface area contributed by atoms with Gasteiger partial charge in [0.2, 0.25) is 0 Å². The monoisotopic (exact) mass is 188 g/mol. The molecule has 14 heavy (non-hydrogen) atoms. The first-order chi connectivity index (χ1) is 6.77. The first kappa shape index (κ1) is 9.47. The standard InChI is InChI=1S/C13H16O/c1-10-9-14-11(2)13(10)8-12-6-4-3-5-7-12/h3-8,10-11H,9H2,1-2H3/b13-8-/t10-,11+/m0/s1. The molecule has 1 aromatic carbocycles. The summed E-state index contributed by atoms with van der Waals surface area (Å²) in [5.74, 6) is 0.560. The van der Waals surface area contributed by atoms with Crippen LogP contribution in [0.4, 0.5) is 0 Å². The van der Waals surface area contributed by atoms with Crippen molar-refractivity contribution in [2.45, 2.75) is 20.0 Å². The molecule has 0 N–H and O–H groups in total. The van der Waals surface area contributed by atoms with E-state index in [0.29, 0.717) is 5.92 Å². The van der Waals surface area contributed by atoms with Gasteiger partial charge in [-0.15, -0.1) is 0 Å². The fraction of sp³-hybridized carbons (Fsp3) is 0.385. The second kappa shape index (κ2) is 3.97. The van der Waals surface area contributed by atoms with Crippen molar-refractivity contribution in [1.82, 2.24) is 0 Å². The average Bonchev–Trinajstić information content (AvgIpc) is 2.51. The molecule has 0 unspecified atom stereocenters. The van der Waals surface area contributed by atoms with Crippen LogP contribution in [-0.2, 0) is 4.74 Å². The predicted molar refractivity (Wildman–Crippen MR) is 59.0 cm³/mol. The van der Waals surface area contributed by atoms with Crippen LogP contribution in [0.3, 0.4) is 0 Å². The molecule has 0 spiro atoms. The Morgan fingerprint density at radius 3 is 2.50 bits per heavy atom. The zero-order valence-electron chi connectivity index (χ0n) is 8.73. The number of benzene rings is 1. The molecule has 74 valence electrons. The minimum atomic E-state index is 0.283. The van der Waals surface area contributed by atoms with Crippen molar-refractivity contribution >= 4 is 6.08 Å². The Morgan fingerprint density at radius 1 is 1.21 bits per heavy atom. The number of rotatable bonds is 1. The van der Waals surface area contributed by atoms with E-state index in [1.807, 2.05) is 6.07 Å². The molecule has 1 fully saturated rings. The van der Waals surface area contributed by atoms with Crippen LogP contribution in [0.25, 0.3) is 6.08 Å². The Labute approximate surface area is 85.4 Å². The van der Waals surface area contributed by atoms with Gasteiger partial charge in [0.1, 0.15) is 0 Å². The average molecular weight is 188 g/mol. The number of ether oxygens (including phenoxy) is 1. The molecule has 1 saturated heterocycles. The van der Waals surface area contributed by atoms with E-state index < -0.39 is 0 Å². The summed E-state index contributed by atoms with van der Waals surface area (Å²) in [6.07, 6.45) is 2.53. The molecular formula is C13H16O. The minimum Gasteiger partial charge on any atom is -0.374 e. The summed E-state index contributed by atoms with van der Waals surface area (Å²) in [5.41, 5.74) is 2.68. The summed E-state index contributed by atoms with van der Waals surface area (Å²) in [7, 11) is 0. The van der Waals surface area contributed by atoms with E-state index in [0.717, 1.165) is 6.61 Å². The van der Waals surface area contributed by atoms with Gasteiger partial charge in [0.15, 0.2) is 0 Å². The quantitative estimate of drug-likeness (QED) is 0.658. The molecule has 1 aromatic rings. The van der Waals surface area contributed by atoms with Crippen LogP contribution in [0.1, 0.15) is 19.4 Å². The maximum atomic E-state index is 5.58. The highest BCUT2D eigenvalue weighted by molar-refractivity contribution is 5.54. The SMILES string of the molecule is C[C@H]1CO[C@H](C)/C1=C\c1ccccc1. The molecule has 0 saturated carbocycles. The highest BCUT2D eigenvalue weighted by atomic mass is 16.5. The molecule has 0 radical (unpaired) electrons. The van der Waals surface area contributed by atoms with E-state index in [4.69, 9.17) is 4.74 Å². The van der Waals surface area contributed by atoms with Crippen LogP contribution in [0, 0.1) is 5.92 Å². The van der Waals surface area contributed by atoms with Crippen molar-refractivity contribution in [2.24, 2.45) is 5.92 Å². The van der Waals surface area contributed by atoms with Gasteiger partial charge in [-0.25, -0.2) is 0 Å². The normalized spacial score (nSPS) is 29.7. The highest BCUT2D eigenvalue weighted by Gasteiger charge is 2.23. The van der Waals surface area contributed by atoms with E-state index in [1.165, 1.54) is 11.1 Å². The van der Waals surface area contributed by atoms with Crippen LogP contribution in [0.2, 0.25) is 0 Å². The number of hydrogen-bond acceptors (Lipinski definition) is 1. The first-order valence-electron chi connectivity index (χ1n) is 5.15. The highest BCUT2D eigenvalue weighted by Crippen LogP contribution is 2.27. The molecule has 1 aliphatic rings. The minimum absolute atomic E-state index is 0.283. The Morgan fingerprint density at radius 2 is 1.93 bits per heavy atom.